The van der Waals surface area contributed by atoms with Gasteiger partial charge < -0.3 is 9.80 Å². The van der Waals surface area contributed by atoms with E-state index in [0.717, 1.165) is 45.6 Å². The van der Waals surface area contributed by atoms with Gasteiger partial charge in [0.15, 0.2) is 0 Å². The fraction of sp³-hybridized carbons (Fsp3) is 0.417. The predicted octanol–water partition coefficient (Wildman–Crippen LogP) is 2.08. The molecule has 2 aromatic carbocycles. The molecule has 29 heavy (non-hydrogen) atoms. The molecular weight excluding hydrogens is 362 g/mol. The first-order valence-electron chi connectivity index (χ1n) is 10.7. The third-order valence-electron chi connectivity index (χ3n) is 6.22. The minimum absolute atomic E-state index is 0.139. The highest BCUT2D eigenvalue weighted by molar-refractivity contribution is 6.21. The quantitative estimate of drug-likeness (QED) is 0.605. The number of hydrogen-bond donors (Lipinski definition) is 1. The van der Waals surface area contributed by atoms with E-state index in [9.17, 15) is 9.59 Å². The van der Waals surface area contributed by atoms with E-state index >= 15 is 0 Å². The average molecular weight is 393 g/mol. The Labute approximate surface area is 172 Å². The highest BCUT2D eigenvalue weighted by Crippen LogP contribution is 2.23. The topological polar surface area (TPSA) is 45.1 Å². The van der Waals surface area contributed by atoms with Crippen molar-refractivity contribution in [3.63, 3.8) is 0 Å². The number of amides is 2. The average Bonchev–Trinajstić information content (AvgIpc) is 2.98. The monoisotopic (exact) mass is 392 g/mol. The molecule has 2 aliphatic heterocycles. The first kappa shape index (κ1) is 19.6. The van der Waals surface area contributed by atoms with Crippen LogP contribution in [0.2, 0.25) is 0 Å². The molecule has 1 saturated heterocycles. The molecule has 2 aliphatic rings. The minimum Gasteiger partial charge on any atom is -0.360 e. The van der Waals surface area contributed by atoms with Gasteiger partial charge in [-0.1, -0.05) is 24.3 Å². The maximum Gasteiger partial charge on any atom is 0.261 e. The molecule has 4 rings (SSSR count). The molecular formula is C24H30N3O2+. The van der Waals surface area contributed by atoms with Crippen LogP contribution in [0.3, 0.4) is 0 Å². The van der Waals surface area contributed by atoms with Crippen LogP contribution in [-0.2, 0) is 0 Å². The molecule has 5 heteroatoms. The summed E-state index contributed by atoms with van der Waals surface area (Å²) in [5.41, 5.74) is 5.12. The van der Waals surface area contributed by atoms with Crippen LogP contribution in [0.4, 0.5) is 5.69 Å². The molecule has 0 spiro atoms. The van der Waals surface area contributed by atoms with Crippen molar-refractivity contribution in [1.29, 1.82) is 0 Å². The number of hydrogen-bond acceptors (Lipinski definition) is 3. The molecule has 2 heterocycles. The molecule has 5 nitrogen and oxygen atoms in total. The van der Waals surface area contributed by atoms with Gasteiger partial charge in [-0.3, -0.25) is 14.5 Å². The summed E-state index contributed by atoms with van der Waals surface area (Å²) in [5.74, 6) is -0.278. The summed E-state index contributed by atoms with van der Waals surface area (Å²) in [4.78, 5) is 30.4. The van der Waals surface area contributed by atoms with Crippen molar-refractivity contribution >= 4 is 17.5 Å². The second-order valence-electron chi connectivity index (χ2n) is 8.29. The van der Waals surface area contributed by atoms with Crippen molar-refractivity contribution in [2.24, 2.45) is 0 Å². The molecule has 152 valence electrons. The van der Waals surface area contributed by atoms with Gasteiger partial charge in [-0.25, -0.2) is 0 Å². The fourth-order valence-corrected chi connectivity index (χ4v) is 4.46. The number of piperazine rings is 1. The van der Waals surface area contributed by atoms with Crippen LogP contribution in [0.1, 0.15) is 44.7 Å². The lowest BCUT2D eigenvalue weighted by atomic mass is 10.1. The van der Waals surface area contributed by atoms with Gasteiger partial charge in [0.25, 0.3) is 11.8 Å². The van der Waals surface area contributed by atoms with Crippen LogP contribution >= 0.6 is 0 Å². The SMILES string of the molecule is Cc1ccc(C)c(N2CC[NH+](CCCCN3C(=O)c4ccccc4C3=O)CC2)c1. The van der Waals surface area contributed by atoms with Gasteiger partial charge in [0.1, 0.15) is 0 Å². The van der Waals surface area contributed by atoms with Gasteiger partial charge in [-0.2, -0.15) is 0 Å². The number of imide groups is 1. The van der Waals surface area contributed by atoms with Crippen molar-refractivity contribution in [2.75, 3.05) is 44.2 Å². The fourth-order valence-electron chi connectivity index (χ4n) is 4.46. The Kier molecular flexibility index (Phi) is 5.67. The van der Waals surface area contributed by atoms with E-state index in [-0.39, 0.29) is 11.8 Å². The van der Waals surface area contributed by atoms with Crippen LogP contribution in [0, 0.1) is 13.8 Å². The number of rotatable bonds is 6. The third kappa shape index (κ3) is 4.06. The standard InChI is InChI=1S/C24H29N3O2/c1-18-9-10-19(2)22(17-18)26-15-13-25(14-16-26)11-5-6-12-27-23(28)20-7-3-4-8-21(20)24(27)29/h3-4,7-10,17H,5-6,11-16H2,1-2H3/p+1. The molecule has 1 fully saturated rings. The largest absolute Gasteiger partial charge is 0.360 e. The van der Waals surface area contributed by atoms with Gasteiger partial charge in [0.2, 0.25) is 0 Å². The second kappa shape index (κ2) is 8.37. The lowest BCUT2D eigenvalue weighted by molar-refractivity contribution is -0.900. The Morgan fingerprint density at radius 2 is 1.55 bits per heavy atom. The third-order valence-corrected chi connectivity index (χ3v) is 6.22. The number of fused-ring (bicyclic) bond motifs is 1. The number of nitrogens with one attached hydrogen (secondary N) is 1. The van der Waals surface area contributed by atoms with Crippen molar-refractivity contribution in [2.45, 2.75) is 26.7 Å². The number of carbonyl (C=O) groups excluding carboxylic acids is 2. The summed E-state index contributed by atoms with van der Waals surface area (Å²) in [5, 5.41) is 0. The van der Waals surface area contributed by atoms with E-state index in [1.165, 1.54) is 21.7 Å². The number of carbonyl (C=O) groups is 2. The van der Waals surface area contributed by atoms with Gasteiger partial charge in [0.05, 0.1) is 43.9 Å². The Morgan fingerprint density at radius 3 is 2.21 bits per heavy atom. The summed E-state index contributed by atoms with van der Waals surface area (Å²) in [7, 11) is 0. The number of nitrogens with zero attached hydrogens (tertiary/aromatic N) is 2. The van der Waals surface area contributed by atoms with E-state index in [1.807, 2.05) is 12.1 Å². The molecule has 0 aliphatic carbocycles. The highest BCUT2D eigenvalue weighted by atomic mass is 16.2. The zero-order valence-electron chi connectivity index (χ0n) is 17.4. The second-order valence-corrected chi connectivity index (χ2v) is 8.29. The molecule has 1 N–H and O–H groups in total. The predicted molar refractivity (Wildman–Crippen MR) is 115 cm³/mol. The summed E-state index contributed by atoms with van der Waals surface area (Å²) in [6.07, 6.45) is 1.90. The Bertz CT molecular complexity index is 881. The zero-order chi connectivity index (χ0) is 20.4. The molecule has 0 radical (unpaired) electrons. The van der Waals surface area contributed by atoms with Crippen molar-refractivity contribution in [1.82, 2.24) is 4.90 Å². The van der Waals surface area contributed by atoms with Gasteiger partial charge >= 0.3 is 0 Å². The number of benzene rings is 2. The molecule has 0 saturated carbocycles. The van der Waals surface area contributed by atoms with E-state index in [1.54, 1.807) is 17.0 Å². The van der Waals surface area contributed by atoms with Crippen LogP contribution < -0.4 is 9.80 Å². The molecule has 0 atom stereocenters. The van der Waals surface area contributed by atoms with E-state index in [0.29, 0.717) is 17.7 Å². The highest BCUT2D eigenvalue weighted by Gasteiger charge is 2.34. The number of quaternary nitrogens is 1. The lowest BCUT2D eigenvalue weighted by Gasteiger charge is -2.34. The minimum atomic E-state index is -0.139. The Balaban J connectivity index is 1.21. The molecule has 2 amide bonds. The van der Waals surface area contributed by atoms with Crippen LogP contribution in [0.5, 0.6) is 0 Å². The van der Waals surface area contributed by atoms with E-state index < -0.39 is 0 Å². The van der Waals surface area contributed by atoms with E-state index in [2.05, 4.69) is 36.9 Å². The normalized spacial score (nSPS) is 17.2. The van der Waals surface area contributed by atoms with Crippen molar-refractivity contribution < 1.29 is 14.5 Å². The van der Waals surface area contributed by atoms with Crippen LogP contribution in [0.25, 0.3) is 0 Å². The summed E-state index contributed by atoms with van der Waals surface area (Å²) < 4.78 is 0. The van der Waals surface area contributed by atoms with Gasteiger partial charge in [-0.05, 0) is 56.0 Å². The smallest absolute Gasteiger partial charge is 0.261 e. The first-order chi connectivity index (χ1) is 14.0. The Morgan fingerprint density at radius 1 is 0.897 bits per heavy atom. The van der Waals surface area contributed by atoms with Crippen molar-refractivity contribution in [3.05, 3.63) is 64.7 Å². The van der Waals surface area contributed by atoms with Gasteiger partial charge in [0, 0.05) is 12.2 Å². The molecule has 0 unspecified atom stereocenters. The van der Waals surface area contributed by atoms with E-state index in [4.69, 9.17) is 0 Å². The first-order valence-corrected chi connectivity index (χ1v) is 10.7. The maximum atomic E-state index is 12.4. The number of unbranched alkanes of at least 4 members (excludes halogenated alkanes) is 1. The summed E-state index contributed by atoms with van der Waals surface area (Å²) in [6.45, 7) is 10.4. The molecule has 0 bridgehead atoms. The molecule has 0 aromatic heterocycles. The zero-order valence-corrected chi connectivity index (χ0v) is 17.4. The van der Waals surface area contributed by atoms with Gasteiger partial charge in [-0.15, -0.1) is 0 Å². The van der Waals surface area contributed by atoms with Crippen LogP contribution in [0.15, 0.2) is 42.5 Å². The maximum absolute atomic E-state index is 12.4. The number of anilines is 1. The molecule has 2 aromatic rings. The van der Waals surface area contributed by atoms with Crippen LogP contribution in [-0.4, -0.2) is 56.0 Å². The lowest BCUT2D eigenvalue weighted by Crippen LogP contribution is -3.14. The summed E-state index contributed by atoms with van der Waals surface area (Å²) >= 11 is 0. The number of aryl methyl sites for hydroxylation is 2. The Hall–Kier alpha value is -2.66. The van der Waals surface area contributed by atoms with Crippen molar-refractivity contribution in [3.8, 4) is 0 Å². The summed E-state index contributed by atoms with van der Waals surface area (Å²) in [6, 6.07) is 13.8.